The number of aromatic nitrogens is 4. The average molecular weight is 322 g/mol. The molecule has 3 rings (SSSR count). The van der Waals surface area contributed by atoms with E-state index in [1.807, 2.05) is 4.57 Å². The van der Waals surface area contributed by atoms with Crippen LogP contribution in [0.4, 0.5) is 10.2 Å². The highest BCUT2D eigenvalue weighted by Gasteiger charge is 2.08. The van der Waals surface area contributed by atoms with Crippen molar-refractivity contribution in [3.8, 4) is 0 Å². The lowest BCUT2D eigenvalue weighted by molar-refractivity contribution is 0.619. The fraction of sp³-hybridized carbons (Fsp3) is 0.0833. The third-order valence-corrected chi connectivity index (χ3v) is 3.37. The van der Waals surface area contributed by atoms with Crippen LogP contribution in [-0.2, 0) is 6.54 Å². The normalized spacial score (nSPS) is 11.1. The fourth-order valence-corrected chi connectivity index (χ4v) is 2.28. The van der Waals surface area contributed by atoms with Crippen LogP contribution in [-0.4, -0.2) is 19.5 Å². The van der Waals surface area contributed by atoms with Crippen molar-refractivity contribution in [3.05, 3.63) is 46.7 Å². The maximum atomic E-state index is 13.2. The van der Waals surface area contributed by atoms with Crippen LogP contribution in [0.1, 0.15) is 5.56 Å². The molecule has 0 bridgehead atoms. The van der Waals surface area contributed by atoms with E-state index in [0.29, 0.717) is 28.0 Å². The minimum absolute atomic E-state index is 0.286. The summed E-state index contributed by atoms with van der Waals surface area (Å²) in [7, 11) is 0. The molecule has 0 fully saturated rings. The Balaban J connectivity index is 2.01. The summed E-state index contributed by atoms with van der Waals surface area (Å²) >= 11 is 3.17. The highest BCUT2D eigenvalue weighted by atomic mass is 79.9. The van der Waals surface area contributed by atoms with Gasteiger partial charge >= 0.3 is 0 Å². The molecule has 0 radical (unpaired) electrons. The van der Waals surface area contributed by atoms with E-state index in [0.717, 1.165) is 5.56 Å². The van der Waals surface area contributed by atoms with E-state index in [1.54, 1.807) is 18.5 Å². The van der Waals surface area contributed by atoms with Crippen molar-refractivity contribution in [3.63, 3.8) is 0 Å². The Morgan fingerprint density at radius 1 is 1.26 bits per heavy atom. The van der Waals surface area contributed by atoms with Crippen molar-refractivity contribution < 1.29 is 4.39 Å². The van der Waals surface area contributed by atoms with Gasteiger partial charge in [-0.05, 0) is 33.6 Å². The van der Waals surface area contributed by atoms with Crippen molar-refractivity contribution in [1.29, 1.82) is 0 Å². The topological polar surface area (TPSA) is 69.6 Å². The molecule has 0 saturated carbocycles. The van der Waals surface area contributed by atoms with E-state index in [4.69, 9.17) is 5.73 Å². The molecule has 5 nitrogen and oxygen atoms in total. The first-order chi connectivity index (χ1) is 9.15. The summed E-state index contributed by atoms with van der Waals surface area (Å²) < 4.78 is 15.5. The summed E-state index contributed by atoms with van der Waals surface area (Å²) in [6, 6.07) is 4.87. The predicted molar refractivity (Wildman–Crippen MR) is 72.9 cm³/mol. The van der Waals surface area contributed by atoms with E-state index < -0.39 is 0 Å². The van der Waals surface area contributed by atoms with E-state index in [9.17, 15) is 4.39 Å². The molecule has 0 aliphatic carbocycles. The summed E-state index contributed by atoms with van der Waals surface area (Å²) in [5.41, 5.74) is 7.89. The van der Waals surface area contributed by atoms with Gasteiger partial charge in [-0.3, -0.25) is 0 Å². The second kappa shape index (κ2) is 4.58. The Morgan fingerprint density at radius 3 is 2.89 bits per heavy atom. The maximum absolute atomic E-state index is 13.2. The molecule has 0 atom stereocenters. The van der Waals surface area contributed by atoms with Crippen molar-refractivity contribution >= 4 is 32.9 Å². The number of benzene rings is 1. The highest BCUT2D eigenvalue weighted by molar-refractivity contribution is 9.10. The molecule has 0 amide bonds. The van der Waals surface area contributed by atoms with E-state index in [2.05, 4.69) is 30.9 Å². The van der Waals surface area contributed by atoms with Crippen LogP contribution < -0.4 is 5.73 Å². The number of hydrogen-bond donors (Lipinski definition) is 1. The molecule has 19 heavy (non-hydrogen) atoms. The van der Waals surface area contributed by atoms with Gasteiger partial charge in [-0.25, -0.2) is 19.3 Å². The SMILES string of the molecule is Nc1ncnc2c1ncn2Cc1ccc(F)c(Br)c1. The van der Waals surface area contributed by atoms with Gasteiger partial charge in [-0.15, -0.1) is 0 Å². The van der Waals surface area contributed by atoms with Crippen LogP contribution in [0.2, 0.25) is 0 Å². The molecule has 0 spiro atoms. The fourth-order valence-electron chi connectivity index (χ4n) is 1.85. The number of anilines is 1. The van der Waals surface area contributed by atoms with Gasteiger partial charge in [0.2, 0.25) is 0 Å². The summed E-state index contributed by atoms with van der Waals surface area (Å²) in [5.74, 6) is 0.0647. The van der Waals surface area contributed by atoms with Gasteiger partial charge in [0.15, 0.2) is 11.5 Å². The molecular formula is C12H9BrFN5. The Bertz CT molecular complexity index is 755. The number of halogens is 2. The smallest absolute Gasteiger partial charge is 0.165 e. The minimum Gasteiger partial charge on any atom is -0.382 e. The molecule has 3 aromatic rings. The summed E-state index contributed by atoms with van der Waals surface area (Å²) in [4.78, 5) is 12.2. The van der Waals surface area contributed by atoms with Crippen molar-refractivity contribution in [2.24, 2.45) is 0 Å². The van der Waals surface area contributed by atoms with Crippen molar-refractivity contribution in [1.82, 2.24) is 19.5 Å². The number of rotatable bonds is 2. The number of nitrogen functional groups attached to an aromatic ring is 1. The van der Waals surface area contributed by atoms with Gasteiger partial charge < -0.3 is 10.3 Å². The van der Waals surface area contributed by atoms with Crippen molar-refractivity contribution in [2.45, 2.75) is 6.54 Å². The lowest BCUT2D eigenvalue weighted by atomic mass is 10.2. The largest absolute Gasteiger partial charge is 0.382 e. The Labute approximate surface area is 116 Å². The molecule has 2 N–H and O–H groups in total. The van der Waals surface area contributed by atoms with E-state index >= 15 is 0 Å². The van der Waals surface area contributed by atoms with Gasteiger partial charge in [0.05, 0.1) is 17.3 Å². The van der Waals surface area contributed by atoms with Crippen LogP contribution >= 0.6 is 15.9 Å². The van der Waals surface area contributed by atoms with Gasteiger partial charge in [-0.2, -0.15) is 0 Å². The van der Waals surface area contributed by atoms with Gasteiger partial charge in [0.1, 0.15) is 17.7 Å². The molecule has 7 heteroatoms. The lowest BCUT2D eigenvalue weighted by Crippen LogP contribution is -2.01. The number of imidazole rings is 1. The highest BCUT2D eigenvalue weighted by Crippen LogP contribution is 2.19. The standard InChI is InChI=1S/C12H9BrFN5/c13-8-3-7(1-2-9(8)14)4-19-6-18-10-11(15)16-5-17-12(10)19/h1-3,5-6H,4H2,(H2,15,16,17). The Hall–Kier alpha value is -2.02. The zero-order valence-electron chi connectivity index (χ0n) is 9.72. The van der Waals surface area contributed by atoms with Crippen LogP contribution in [0.5, 0.6) is 0 Å². The summed E-state index contributed by atoms with van der Waals surface area (Å²) in [5, 5.41) is 0. The molecule has 96 valence electrons. The number of fused-ring (bicyclic) bond motifs is 1. The third-order valence-electron chi connectivity index (χ3n) is 2.77. The van der Waals surface area contributed by atoms with E-state index in [1.165, 1.54) is 12.4 Å². The molecule has 2 heterocycles. The monoisotopic (exact) mass is 321 g/mol. The van der Waals surface area contributed by atoms with Crippen molar-refractivity contribution in [2.75, 3.05) is 5.73 Å². The summed E-state index contributed by atoms with van der Waals surface area (Å²) in [6.07, 6.45) is 3.05. The molecule has 0 unspecified atom stereocenters. The molecule has 0 saturated heterocycles. The maximum Gasteiger partial charge on any atom is 0.165 e. The number of nitrogens with two attached hydrogens (primary N) is 1. The van der Waals surface area contributed by atoms with Crippen LogP contribution in [0.25, 0.3) is 11.2 Å². The second-order valence-electron chi connectivity index (χ2n) is 4.05. The first kappa shape index (κ1) is 12.0. The molecule has 2 aromatic heterocycles. The van der Waals surface area contributed by atoms with Crippen LogP contribution in [0.15, 0.2) is 35.3 Å². The molecular weight excluding hydrogens is 313 g/mol. The number of nitrogens with zero attached hydrogens (tertiary/aromatic N) is 4. The van der Waals surface area contributed by atoms with Gasteiger partial charge in [-0.1, -0.05) is 6.07 Å². The quantitative estimate of drug-likeness (QED) is 0.786. The van der Waals surface area contributed by atoms with Crippen LogP contribution in [0.3, 0.4) is 0 Å². The zero-order chi connectivity index (χ0) is 13.4. The second-order valence-corrected chi connectivity index (χ2v) is 4.91. The lowest BCUT2D eigenvalue weighted by Gasteiger charge is -2.05. The molecule has 0 aliphatic heterocycles. The van der Waals surface area contributed by atoms with Crippen LogP contribution in [0, 0.1) is 5.82 Å². The van der Waals surface area contributed by atoms with Gasteiger partial charge in [0.25, 0.3) is 0 Å². The zero-order valence-corrected chi connectivity index (χ0v) is 11.3. The predicted octanol–water partition coefficient (Wildman–Crippen LogP) is 2.36. The molecule has 1 aromatic carbocycles. The number of hydrogen-bond acceptors (Lipinski definition) is 4. The minimum atomic E-state index is -0.286. The first-order valence-electron chi connectivity index (χ1n) is 5.50. The summed E-state index contributed by atoms with van der Waals surface area (Å²) in [6.45, 7) is 0.534. The van der Waals surface area contributed by atoms with Gasteiger partial charge in [0, 0.05) is 0 Å². The average Bonchev–Trinajstić information content (AvgIpc) is 2.79. The Morgan fingerprint density at radius 2 is 2.11 bits per heavy atom. The van der Waals surface area contributed by atoms with E-state index in [-0.39, 0.29) is 5.82 Å². The first-order valence-corrected chi connectivity index (χ1v) is 6.29. The third kappa shape index (κ3) is 2.17. The molecule has 0 aliphatic rings. The Kier molecular flexibility index (Phi) is 2.90.